The highest BCUT2D eigenvalue weighted by molar-refractivity contribution is 5.36. The summed E-state index contributed by atoms with van der Waals surface area (Å²) in [6.07, 6.45) is 4.13. The normalized spacial score (nSPS) is 14.0. The van der Waals surface area contributed by atoms with Crippen molar-refractivity contribution in [3.63, 3.8) is 0 Å². The summed E-state index contributed by atoms with van der Waals surface area (Å²) in [4.78, 5) is 0. The SMILES string of the molecule is COc1ccc(-n2cc(CNc3nnc(C4CC4)o3)nn2)cc1. The van der Waals surface area contributed by atoms with Gasteiger partial charge in [0.25, 0.3) is 0 Å². The minimum absolute atomic E-state index is 0.422. The Hall–Kier alpha value is -2.90. The Bertz CT molecular complexity index is 790. The molecule has 1 aromatic carbocycles. The van der Waals surface area contributed by atoms with E-state index in [4.69, 9.17) is 9.15 Å². The molecule has 1 fully saturated rings. The first-order chi connectivity index (χ1) is 11.3. The van der Waals surface area contributed by atoms with Crippen LogP contribution in [0.4, 0.5) is 6.01 Å². The average Bonchev–Trinajstić information content (AvgIpc) is 3.15. The second-order valence-electron chi connectivity index (χ2n) is 5.43. The topological polar surface area (TPSA) is 90.9 Å². The largest absolute Gasteiger partial charge is 0.497 e. The summed E-state index contributed by atoms with van der Waals surface area (Å²) in [5, 5.41) is 19.3. The van der Waals surface area contributed by atoms with Gasteiger partial charge in [0.05, 0.1) is 25.5 Å². The second-order valence-corrected chi connectivity index (χ2v) is 5.43. The Morgan fingerprint density at radius 1 is 1.22 bits per heavy atom. The number of nitrogens with one attached hydrogen (secondary N) is 1. The van der Waals surface area contributed by atoms with E-state index in [-0.39, 0.29) is 0 Å². The molecule has 1 N–H and O–H groups in total. The van der Waals surface area contributed by atoms with Crippen LogP contribution in [-0.4, -0.2) is 32.3 Å². The molecule has 23 heavy (non-hydrogen) atoms. The monoisotopic (exact) mass is 312 g/mol. The third kappa shape index (κ3) is 3.01. The molecule has 1 saturated carbocycles. The summed E-state index contributed by atoms with van der Waals surface area (Å²) >= 11 is 0. The highest BCUT2D eigenvalue weighted by Gasteiger charge is 2.29. The van der Waals surface area contributed by atoms with Crippen LogP contribution in [-0.2, 0) is 6.54 Å². The molecule has 0 unspecified atom stereocenters. The van der Waals surface area contributed by atoms with Crippen LogP contribution in [0.15, 0.2) is 34.9 Å². The molecule has 0 saturated heterocycles. The number of ether oxygens (including phenoxy) is 1. The van der Waals surface area contributed by atoms with Crippen LogP contribution in [0.5, 0.6) is 5.75 Å². The van der Waals surface area contributed by atoms with Crippen molar-refractivity contribution < 1.29 is 9.15 Å². The van der Waals surface area contributed by atoms with Crippen molar-refractivity contribution in [2.45, 2.75) is 25.3 Å². The molecule has 8 heteroatoms. The van der Waals surface area contributed by atoms with Gasteiger partial charge >= 0.3 is 6.01 Å². The van der Waals surface area contributed by atoms with Crippen molar-refractivity contribution >= 4 is 6.01 Å². The molecular weight excluding hydrogens is 296 g/mol. The summed E-state index contributed by atoms with van der Waals surface area (Å²) in [5.74, 6) is 1.97. The van der Waals surface area contributed by atoms with Gasteiger partial charge in [0.1, 0.15) is 11.4 Å². The highest BCUT2D eigenvalue weighted by Crippen LogP contribution is 2.39. The van der Waals surface area contributed by atoms with Crippen LogP contribution in [0.25, 0.3) is 5.69 Å². The molecule has 0 radical (unpaired) electrons. The van der Waals surface area contributed by atoms with E-state index in [1.165, 1.54) is 0 Å². The van der Waals surface area contributed by atoms with Crippen molar-refractivity contribution in [2.75, 3.05) is 12.4 Å². The lowest BCUT2D eigenvalue weighted by Crippen LogP contribution is -1.99. The summed E-state index contributed by atoms with van der Waals surface area (Å²) in [6.45, 7) is 0.475. The molecule has 8 nitrogen and oxygen atoms in total. The highest BCUT2D eigenvalue weighted by atomic mass is 16.5. The van der Waals surface area contributed by atoms with Gasteiger partial charge in [-0.25, -0.2) is 4.68 Å². The standard InChI is InChI=1S/C15H16N6O2/c1-22-13-6-4-12(5-7-13)21-9-11(17-20-21)8-16-15-19-18-14(23-15)10-2-3-10/h4-7,9-10H,2-3,8H2,1H3,(H,16,19). The average molecular weight is 312 g/mol. The van der Waals surface area contributed by atoms with Crippen LogP contribution in [0.1, 0.15) is 30.3 Å². The van der Waals surface area contributed by atoms with Crippen molar-refractivity contribution in [3.05, 3.63) is 42.0 Å². The second kappa shape index (κ2) is 5.71. The number of anilines is 1. The van der Waals surface area contributed by atoms with Crippen molar-refractivity contribution in [3.8, 4) is 11.4 Å². The number of hydrogen-bond acceptors (Lipinski definition) is 7. The quantitative estimate of drug-likeness (QED) is 0.745. The van der Waals surface area contributed by atoms with E-state index < -0.39 is 0 Å². The van der Waals surface area contributed by atoms with Crippen molar-refractivity contribution in [1.82, 2.24) is 25.2 Å². The fourth-order valence-electron chi connectivity index (χ4n) is 2.21. The molecule has 118 valence electrons. The minimum Gasteiger partial charge on any atom is -0.497 e. The zero-order valence-electron chi connectivity index (χ0n) is 12.6. The molecule has 4 rings (SSSR count). The number of nitrogens with zero attached hydrogens (tertiary/aromatic N) is 5. The molecule has 2 heterocycles. The molecule has 0 aliphatic heterocycles. The molecule has 0 bridgehead atoms. The van der Waals surface area contributed by atoms with Gasteiger partial charge in [-0.3, -0.25) is 0 Å². The lowest BCUT2D eigenvalue weighted by Gasteiger charge is -2.02. The fourth-order valence-corrected chi connectivity index (χ4v) is 2.21. The van der Waals surface area contributed by atoms with Crippen LogP contribution in [0.2, 0.25) is 0 Å². The summed E-state index contributed by atoms with van der Waals surface area (Å²) in [6, 6.07) is 8.03. The van der Waals surface area contributed by atoms with Gasteiger partial charge < -0.3 is 14.5 Å². The van der Waals surface area contributed by atoms with Crippen LogP contribution in [0, 0.1) is 0 Å². The Morgan fingerprint density at radius 2 is 2.04 bits per heavy atom. The Kier molecular flexibility index (Phi) is 3.41. The Labute approximate surface area is 132 Å². The minimum atomic E-state index is 0.422. The first kappa shape index (κ1) is 13.7. The van der Waals surface area contributed by atoms with Crippen LogP contribution >= 0.6 is 0 Å². The zero-order chi connectivity index (χ0) is 15.6. The summed E-state index contributed by atoms with van der Waals surface area (Å²) < 4.78 is 12.4. The maximum Gasteiger partial charge on any atom is 0.315 e. The molecule has 0 amide bonds. The van der Waals surface area contributed by atoms with Gasteiger partial charge in [0, 0.05) is 5.92 Å². The van der Waals surface area contributed by atoms with E-state index in [1.54, 1.807) is 11.8 Å². The van der Waals surface area contributed by atoms with Gasteiger partial charge in [0.2, 0.25) is 5.89 Å². The number of aromatic nitrogens is 5. The molecule has 1 aliphatic rings. The van der Waals surface area contributed by atoms with E-state index in [1.807, 2.05) is 30.5 Å². The van der Waals surface area contributed by atoms with Gasteiger partial charge in [0.15, 0.2) is 0 Å². The summed E-state index contributed by atoms with van der Waals surface area (Å²) in [7, 11) is 1.64. The lowest BCUT2D eigenvalue weighted by molar-refractivity contribution is 0.414. The van der Waals surface area contributed by atoms with Gasteiger partial charge in [-0.1, -0.05) is 10.3 Å². The van der Waals surface area contributed by atoms with E-state index in [2.05, 4.69) is 25.8 Å². The van der Waals surface area contributed by atoms with E-state index in [9.17, 15) is 0 Å². The van der Waals surface area contributed by atoms with E-state index >= 15 is 0 Å². The van der Waals surface area contributed by atoms with Gasteiger partial charge in [-0.2, -0.15) is 0 Å². The number of methoxy groups -OCH3 is 1. The predicted molar refractivity (Wildman–Crippen MR) is 81.5 cm³/mol. The molecule has 1 aliphatic carbocycles. The zero-order valence-corrected chi connectivity index (χ0v) is 12.6. The third-order valence-electron chi connectivity index (χ3n) is 3.67. The Balaban J connectivity index is 1.40. The molecule has 0 spiro atoms. The van der Waals surface area contributed by atoms with Crippen LogP contribution < -0.4 is 10.1 Å². The lowest BCUT2D eigenvalue weighted by atomic mass is 10.3. The van der Waals surface area contributed by atoms with Crippen molar-refractivity contribution in [1.29, 1.82) is 0 Å². The molecule has 3 aromatic rings. The molecule has 0 atom stereocenters. The first-order valence-corrected chi connectivity index (χ1v) is 7.45. The molecular formula is C15H16N6O2. The van der Waals surface area contributed by atoms with Gasteiger partial charge in [-0.15, -0.1) is 10.2 Å². The van der Waals surface area contributed by atoms with Crippen molar-refractivity contribution in [2.24, 2.45) is 0 Å². The maximum atomic E-state index is 5.54. The smallest absolute Gasteiger partial charge is 0.315 e. The number of hydrogen-bond donors (Lipinski definition) is 1. The van der Waals surface area contributed by atoms with E-state index in [0.717, 1.165) is 35.9 Å². The van der Waals surface area contributed by atoms with E-state index in [0.29, 0.717) is 18.5 Å². The third-order valence-corrected chi connectivity index (χ3v) is 3.67. The number of rotatable bonds is 6. The first-order valence-electron chi connectivity index (χ1n) is 7.45. The predicted octanol–water partition coefficient (Wildman–Crippen LogP) is 2.15. The number of benzene rings is 1. The van der Waals surface area contributed by atoms with Crippen LogP contribution in [0.3, 0.4) is 0 Å². The maximum absolute atomic E-state index is 5.54. The summed E-state index contributed by atoms with van der Waals surface area (Å²) in [5.41, 5.74) is 1.70. The molecule has 2 aromatic heterocycles. The van der Waals surface area contributed by atoms with Gasteiger partial charge in [-0.05, 0) is 37.1 Å². The Morgan fingerprint density at radius 3 is 2.78 bits per heavy atom. The fraction of sp³-hybridized carbons (Fsp3) is 0.333.